The van der Waals surface area contributed by atoms with Gasteiger partial charge in [0.1, 0.15) is 5.82 Å². The molecule has 24 heavy (non-hydrogen) atoms. The van der Waals surface area contributed by atoms with Gasteiger partial charge in [0.25, 0.3) is 0 Å². The van der Waals surface area contributed by atoms with Gasteiger partial charge in [-0.1, -0.05) is 30.3 Å². The van der Waals surface area contributed by atoms with Gasteiger partial charge >= 0.3 is 0 Å². The van der Waals surface area contributed by atoms with Gasteiger partial charge in [0, 0.05) is 18.2 Å². The maximum Gasteiger partial charge on any atom is 0.218 e. The van der Waals surface area contributed by atoms with Crippen LogP contribution in [0.3, 0.4) is 0 Å². The SMILES string of the molecule is Cc1nc(C2CCCN2S(=O)(=O)C2CC2c2ccccc2)[nH]c1C. The van der Waals surface area contributed by atoms with Crippen molar-refractivity contribution in [3.63, 3.8) is 0 Å². The Labute approximate surface area is 143 Å². The van der Waals surface area contributed by atoms with Crippen molar-refractivity contribution in [1.82, 2.24) is 14.3 Å². The molecule has 3 unspecified atom stereocenters. The maximum atomic E-state index is 13.1. The lowest BCUT2D eigenvalue weighted by atomic mass is 10.1. The molecule has 3 atom stereocenters. The van der Waals surface area contributed by atoms with Crippen LogP contribution in [0.5, 0.6) is 0 Å². The molecule has 1 saturated heterocycles. The number of aromatic nitrogens is 2. The topological polar surface area (TPSA) is 66.1 Å². The van der Waals surface area contributed by atoms with E-state index in [9.17, 15) is 8.42 Å². The van der Waals surface area contributed by atoms with E-state index in [1.54, 1.807) is 4.31 Å². The number of imidazole rings is 1. The Kier molecular flexibility index (Phi) is 3.77. The maximum absolute atomic E-state index is 13.1. The zero-order valence-corrected chi connectivity index (χ0v) is 14.9. The zero-order valence-electron chi connectivity index (χ0n) is 14.1. The van der Waals surface area contributed by atoms with Crippen LogP contribution in [0.25, 0.3) is 0 Å². The fraction of sp³-hybridized carbons (Fsp3) is 0.500. The molecule has 2 aliphatic rings. The highest BCUT2D eigenvalue weighted by atomic mass is 32.2. The lowest BCUT2D eigenvalue weighted by Crippen LogP contribution is -2.34. The molecule has 0 spiro atoms. The van der Waals surface area contributed by atoms with E-state index in [1.165, 1.54) is 0 Å². The molecule has 0 amide bonds. The van der Waals surface area contributed by atoms with Gasteiger partial charge in [-0.2, -0.15) is 4.31 Å². The molecule has 1 N–H and O–H groups in total. The molecule has 2 fully saturated rings. The summed E-state index contributed by atoms with van der Waals surface area (Å²) in [5.41, 5.74) is 3.09. The van der Waals surface area contributed by atoms with Crippen molar-refractivity contribution in [3.05, 3.63) is 53.1 Å². The summed E-state index contributed by atoms with van der Waals surface area (Å²) in [4.78, 5) is 7.82. The first kappa shape index (κ1) is 15.8. The van der Waals surface area contributed by atoms with Crippen LogP contribution in [0.2, 0.25) is 0 Å². The average Bonchev–Trinajstić information content (AvgIpc) is 3.11. The van der Waals surface area contributed by atoms with Crippen LogP contribution in [0.1, 0.15) is 54.0 Å². The lowest BCUT2D eigenvalue weighted by molar-refractivity contribution is 0.383. The molecular weight excluding hydrogens is 322 g/mol. The van der Waals surface area contributed by atoms with Gasteiger partial charge in [-0.25, -0.2) is 13.4 Å². The Morgan fingerprint density at radius 1 is 1.21 bits per heavy atom. The molecule has 1 aromatic carbocycles. The molecule has 1 saturated carbocycles. The fourth-order valence-electron chi connectivity index (χ4n) is 3.78. The fourth-order valence-corrected chi connectivity index (χ4v) is 6.09. The summed E-state index contributed by atoms with van der Waals surface area (Å²) in [6.07, 6.45) is 2.46. The highest BCUT2D eigenvalue weighted by molar-refractivity contribution is 7.90. The Hall–Kier alpha value is -1.66. The summed E-state index contributed by atoms with van der Waals surface area (Å²) in [6.45, 7) is 4.53. The number of aryl methyl sites for hydroxylation is 2. The van der Waals surface area contributed by atoms with Crippen LogP contribution in [-0.2, 0) is 10.0 Å². The molecule has 6 heteroatoms. The van der Waals surface area contributed by atoms with Crippen molar-refractivity contribution in [2.24, 2.45) is 0 Å². The highest BCUT2D eigenvalue weighted by Crippen LogP contribution is 2.49. The van der Waals surface area contributed by atoms with Crippen molar-refractivity contribution in [3.8, 4) is 0 Å². The number of aromatic amines is 1. The predicted molar refractivity (Wildman–Crippen MR) is 93.3 cm³/mol. The molecule has 0 radical (unpaired) electrons. The molecule has 2 aromatic rings. The summed E-state index contributed by atoms with van der Waals surface area (Å²) in [6, 6.07) is 9.84. The molecular formula is C18H23N3O2S. The molecule has 1 aliphatic carbocycles. The highest BCUT2D eigenvalue weighted by Gasteiger charge is 2.52. The molecule has 1 aromatic heterocycles. The van der Waals surface area contributed by atoms with Crippen molar-refractivity contribution in [2.75, 3.05) is 6.54 Å². The molecule has 128 valence electrons. The molecule has 0 bridgehead atoms. The number of nitrogens with one attached hydrogen (secondary N) is 1. The molecule has 1 aliphatic heterocycles. The number of H-pyrrole nitrogens is 1. The second-order valence-corrected chi connectivity index (χ2v) is 9.04. The first-order valence-corrected chi connectivity index (χ1v) is 10.1. The van der Waals surface area contributed by atoms with E-state index in [0.29, 0.717) is 6.54 Å². The number of rotatable bonds is 4. The van der Waals surface area contributed by atoms with Crippen LogP contribution in [0, 0.1) is 13.8 Å². The Bertz CT molecular complexity index is 825. The van der Waals surface area contributed by atoms with Gasteiger partial charge in [0.2, 0.25) is 10.0 Å². The third kappa shape index (κ3) is 2.58. The first-order valence-electron chi connectivity index (χ1n) is 8.57. The van der Waals surface area contributed by atoms with E-state index >= 15 is 0 Å². The standard InChI is InChI=1S/C18H23N3O2S/c1-12-13(2)20-18(19-12)16-9-6-10-21(16)24(22,23)17-11-15(17)14-7-4-3-5-8-14/h3-5,7-8,15-17H,6,9-11H2,1-2H3,(H,19,20). The Morgan fingerprint density at radius 3 is 2.62 bits per heavy atom. The predicted octanol–water partition coefficient (Wildman–Crippen LogP) is 3.05. The van der Waals surface area contributed by atoms with Crippen LogP contribution in [0.15, 0.2) is 30.3 Å². The molecule has 4 rings (SSSR count). The lowest BCUT2D eigenvalue weighted by Gasteiger charge is -2.23. The van der Waals surface area contributed by atoms with Crippen LogP contribution >= 0.6 is 0 Å². The van der Waals surface area contributed by atoms with E-state index < -0.39 is 10.0 Å². The third-order valence-corrected chi connectivity index (χ3v) is 7.71. The van der Waals surface area contributed by atoms with Gasteiger partial charge in [0.15, 0.2) is 0 Å². The summed E-state index contributed by atoms with van der Waals surface area (Å²) in [7, 11) is -3.29. The summed E-state index contributed by atoms with van der Waals surface area (Å²) in [5.74, 6) is 0.931. The summed E-state index contributed by atoms with van der Waals surface area (Å²) < 4.78 is 28.0. The van der Waals surface area contributed by atoms with E-state index in [1.807, 2.05) is 44.2 Å². The number of hydrogen-bond acceptors (Lipinski definition) is 3. The third-order valence-electron chi connectivity index (χ3n) is 5.33. The molecule has 5 nitrogen and oxygen atoms in total. The van der Waals surface area contributed by atoms with Crippen molar-refractivity contribution in [1.29, 1.82) is 0 Å². The average molecular weight is 345 g/mol. The van der Waals surface area contributed by atoms with Gasteiger partial charge in [-0.05, 0) is 38.7 Å². The minimum atomic E-state index is -3.29. The monoisotopic (exact) mass is 345 g/mol. The number of benzene rings is 1. The largest absolute Gasteiger partial charge is 0.345 e. The van der Waals surface area contributed by atoms with Gasteiger partial charge in [0.05, 0.1) is 17.0 Å². The van der Waals surface area contributed by atoms with E-state index in [-0.39, 0.29) is 17.2 Å². The second-order valence-electron chi connectivity index (χ2n) is 6.94. The van der Waals surface area contributed by atoms with Crippen molar-refractivity contribution < 1.29 is 8.42 Å². The van der Waals surface area contributed by atoms with Crippen molar-refractivity contribution in [2.45, 2.75) is 50.3 Å². The quantitative estimate of drug-likeness (QED) is 0.926. The van der Waals surface area contributed by atoms with E-state index in [4.69, 9.17) is 0 Å². The number of nitrogens with zero attached hydrogens (tertiary/aromatic N) is 2. The summed E-state index contributed by atoms with van der Waals surface area (Å²) in [5, 5.41) is -0.280. The van der Waals surface area contributed by atoms with E-state index in [2.05, 4.69) is 9.97 Å². The van der Waals surface area contributed by atoms with Gasteiger partial charge in [-0.15, -0.1) is 0 Å². The smallest absolute Gasteiger partial charge is 0.218 e. The van der Waals surface area contributed by atoms with Crippen LogP contribution in [0.4, 0.5) is 0 Å². The van der Waals surface area contributed by atoms with Gasteiger partial charge < -0.3 is 4.98 Å². The second kappa shape index (κ2) is 5.70. The first-order chi connectivity index (χ1) is 11.5. The number of sulfonamides is 1. The minimum Gasteiger partial charge on any atom is -0.345 e. The van der Waals surface area contributed by atoms with E-state index in [0.717, 1.165) is 42.0 Å². The summed E-state index contributed by atoms with van der Waals surface area (Å²) >= 11 is 0. The number of hydrogen-bond donors (Lipinski definition) is 1. The zero-order chi connectivity index (χ0) is 16.9. The Morgan fingerprint density at radius 2 is 1.96 bits per heavy atom. The van der Waals surface area contributed by atoms with Crippen molar-refractivity contribution >= 4 is 10.0 Å². The minimum absolute atomic E-state index is 0.137. The van der Waals surface area contributed by atoms with Crippen LogP contribution < -0.4 is 0 Å². The van der Waals surface area contributed by atoms with Crippen LogP contribution in [-0.4, -0.2) is 34.5 Å². The molecule has 2 heterocycles. The Balaban J connectivity index is 1.58. The normalized spacial score (nSPS) is 27.5. The van der Waals surface area contributed by atoms with Gasteiger partial charge in [-0.3, -0.25) is 0 Å².